The molecule has 10 nitrogen and oxygen atoms in total. The minimum atomic E-state index is -1.11. The number of carbonyl (C=O) groups excluding carboxylic acids is 3. The highest BCUT2D eigenvalue weighted by Crippen LogP contribution is 2.65. The number of methoxy groups -OCH3 is 1. The van der Waals surface area contributed by atoms with E-state index in [-0.39, 0.29) is 36.0 Å². The van der Waals surface area contributed by atoms with Crippen molar-refractivity contribution in [2.45, 2.75) is 104 Å². The quantitative estimate of drug-likeness (QED) is 0.213. The second-order valence-corrected chi connectivity index (χ2v) is 12.0. The molecule has 0 spiro atoms. The molecule has 0 aromatic heterocycles. The molecule has 5 rings (SSSR count). The van der Waals surface area contributed by atoms with E-state index in [1.54, 1.807) is 26.0 Å². The molecule has 0 radical (unpaired) electrons. The van der Waals surface area contributed by atoms with Gasteiger partial charge >= 0.3 is 19.2 Å². The maximum atomic E-state index is 13.2. The van der Waals surface area contributed by atoms with Crippen LogP contribution in [-0.4, -0.2) is 62.8 Å². The van der Waals surface area contributed by atoms with Crippen LogP contribution >= 0.6 is 0 Å². The van der Waals surface area contributed by atoms with Gasteiger partial charge in [-0.15, -0.1) is 0 Å². The zero-order valence-electron chi connectivity index (χ0n) is 25.3. The number of esters is 1. The van der Waals surface area contributed by atoms with Crippen molar-refractivity contribution in [3.05, 3.63) is 29.3 Å². The molecule has 1 aromatic rings. The van der Waals surface area contributed by atoms with Gasteiger partial charge in [0.25, 0.3) is 6.29 Å². The summed E-state index contributed by atoms with van der Waals surface area (Å²) in [5, 5.41) is 3.08. The SMILES string of the molecule is CCCOC(=O)OC(CC)OC(=O)c1cccc(CC(NC(=O)CC)B2OC3CC4CC(C4(C)C)C3(C)O2)c1OC. The van der Waals surface area contributed by atoms with Crippen LogP contribution in [0.5, 0.6) is 5.75 Å². The first-order valence-electron chi connectivity index (χ1n) is 14.8. The Kier molecular flexibility index (Phi) is 9.58. The van der Waals surface area contributed by atoms with E-state index in [9.17, 15) is 14.4 Å². The Hall–Kier alpha value is -2.79. The number of nitrogens with one attached hydrogen (secondary N) is 1. The molecule has 4 fully saturated rings. The predicted octanol–water partition coefficient (Wildman–Crippen LogP) is 4.86. The minimum absolute atomic E-state index is 0.0384. The molecule has 41 heavy (non-hydrogen) atoms. The summed E-state index contributed by atoms with van der Waals surface area (Å²) in [6.45, 7) is 12.3. The second kappa shape index (κ2) is 12.6. The number of para-hydroxylation sites is 1. The predicted molar refractivity (Wildman–Crippen MR) is 151 cm³/mol. The molecule has 4 aliphatic rings. The van der Waals surface area contributed by atoms with Crippen LogP contribution < -0.4 is 10.1 Å². The lowest BCUT2D eigenvalue weighted by atomic mass is 9.43. The van der Waals surface area contributed by atoms with Gasteiger partial charge in [0, 0.05) is 12.8 Å². The molecule has 1 saturated heterocycles. The third-order valence-electron chi connectivity index (χ3n) is 9.15. The van der Waals surface area contributed by atoms with Crippen LogP contribution in [-0.2, 0) is 34.7 Å². The van der Waals surface area contributed by atoms with Crippen molar-refractivity contribution in [2.75, 3.05) is 13.7 Å². The third-order valence-corrected chi connectivity index (χ3v) is 9.15. The van der Waals surface area contributed by atoms with Gasteiger partial charge in [-0.3, -0.25) is 4.79 Å². The molecule has 1 heterocycles. The second-order valence-electron chi connectivity index (χ2n) is 12.0. The summed E-state index contributed by atoms with van der Waals surface area (Å²) in [6, 6.07) is 5.14. The van der Waals surface area contributed by atoms with E-state index in [0.29, 0.717) is 42.4 Å². The summed E-state index contributed by atoms with van der Waals surface area (Å²) in [7, 11) is 0.821. The molecule has 1 amide bonds. The van der Waals surface area contributed by atoms with Gasteiger partial charge in [-0.2, -0.15) is 0 Å². The maximum Gasteiger partial charge on any atom is 0.511 e. The van der Waals surface area contributed by atoms with Crippen LogP contribution in [0.2, 0.25) is 0 Å². The van der Waals surface area contributed by atoms with Crippen LogP contribution in [0, 0.1) is 17.3 Å². The van der Waals surface area contributed by atoms with Crippen molar-refractivity contribution in [3.8, 4) is 5.75 Å². The van der Waals surface area contributed by atoms with Gasteiger partial charge in [0.05, 0.1) is 31.4 Å². The molecule has 2 bridgehead atoms. The standard InChI is InChI=1S/C30H44BNO9/c1-8-14-37-28(35)39-25(10-3)38-27(34)20-13-11-12-18(26(20)36-7)15-23(32-24(33)9-2)31-40-22-17-19-16-21(29(19,4)5)30(22,6)41-31/h11-13,19,21-23,25H,8-10,14-17H2,1-7H3,(H,32,33). The van der Waals surface area contributed by atoms with Gasteiger partial charge < -0.3 is 33.6 Å². The van der Waals surface area contributed by atoms with Gasteiger partial charge in [0.2, 0.25) is 5.91 Å². The van der Waals surface area contributed by atoms with Crippen molar-refractivity contribution in [2.24, 2.45) is 17.3 Å². The van der Waals surface area contributed by atoms with Crippen molar-refractivity contribution in [3.63, 3.8) is 0 Å². The van der Waals surface area contributed by atoms with Crippen molar-refractivity contribution >= 4 is 25.2 Å². The van der Waals surface area contributed by atoms with Gasteiger partial charge in [0.15, 0.2) is 0 Å². The number of benzene rings is 1. The largest absolute Gasteiger partial charge is 0.511 e. The zero-order chi connectivity index (χ0) is 29.9. The summed E-state index contributed by atoms with van der Waals surface area (Å²) < 4.78 is 34.4. The molecule has 11 heteroatoms. The number of ether oxygens (including phenoxy) is 4. The molecule has 3 aliphatic carbocycles. The molecule has 1 N–H and O–H groups in total. The Morgan fingerprint density at radius 3 is 2.51 bits per heavy atom. The first-order valence-corrected chi connectivity index (χ1v) is 14.8. The molecule has 226 valence electrons. The van der Waals surface area contributed by atoms with Crippen LogP contribution in [0.4, 0.5) is 4.79 Å². The van der Waals surface area contributed by atoms with Gasteiger partial charge in [-0.25, -0.2) is 9.59 Å². The van der Waals surface area contributed by atoms with E-state index in [2.05, 4.69) is 26.1 Å². The Morgan fingerprint density at radius 1 is 1.12 bits per heavy atom. The fourth-order valence-corrected chi connectivity index (χ4v) is 6.68. The first-order chi connectivity index (χ1) is 19.5. The number of rotatable bonds is 12. The van der Waals surface area contributed by atoms with Crippen LogP contribution in [0.15, 0.2) is 18.2 Å². The number of hydrogen-bond donors (Lipinski definition) is 1. The van der Waals surface area contributed by atoms with Crippen LogP contribution in [0.1, 0.15) is 89.6 Å². The Morgan fingerprint density at radius 2 is 1.88 bits per heavy atom. The van der Waals surface area contributed by atoms with Crippen LogP contribution in [0.25, 0.3) is 0 Å². The number of hydrogen-bond acceptors (Lipinski definition) is 9. The van der Waals surface area contributed by atoms with E-state index >= 15 is 0 Å². The number of carbonyl (C=O) groups is 3. The smallest absolute Gasteiger partial charge is 0.496 e. The first kappa shape index (κ1) is 31.2. The van der Waals surface area contributed by atoms with Crippen molar-refractivity contribution < 1.29 is 42.6 Å². The zero-order valence-corrected chi connectivity index (χ0v) is 25.3. The minimum Gasteiger partial charge on any atom is -0.496 e. The van der Waals surface area contributed by atoms with E-state index in [4.69, 9.17) is 28.3 Å². The Bertz CT molecular complexity index is 1130. The van der Waals surface area contributed by atoms with Gasteiger partial charge in [0.1, 0.15) is 11.3 Å². The highest BCUT2D eigenvalue weighted by molar-refractivity contribution is 6.48. The van der Waals surface area contributed by atoms with Crippen LogP contribution in [0.3, 0.4) is 0 Å². The lowest BCUT2D eigenvalue weighted by Gasteiger charge is -2.64. The van der Waals surface area contributed by atoms with E-state index in [1.807, 2.05) is 13.0 Å². The maximum absolute atomic E-state index is 13.2. The molecule has 6 atom stereocenters. The molecular formula is C30H44BNO9. The highest BCUT2D eigenvalue weighted by Gasteiger charge is 2.68. The average molecular weight is 573 g/mol. The summed E-state index contributed by atoms with van der Waals surface area (Å²) >= 11 is 0. The third kappa shape index (κ3) is 6.21. The van der Waals surface area contributed by atoms with E-state index < -0.39 is 37.1 Å². The summed E-state index contributed by atoms with van der Waals surface area (Å²) in [5.41, 5.74) is 0.611. The lowest BCUT2D eigenvalue weighted by Crippen LogP contribution is -2.65. The summed E-state index contributed by atoms with van der Waals surface area (Å²) in [5.74, 6) is -0.0519. The fourth-order valence-electron chi connectivity index (χ4n) is 6.68. The summed E-state index contributed by atoms with van der Waals surface area (Å²) in [6.07, 6.45) is 1.51. The lowest BCUT2D eigenvalue weighted by molar-refractivity contribution is -0.199. The average Bonchev–Trinajstić information content (AvgIpc) is 3.32. The molecule has 6 unspecified atom stereocenters. The molecule has 1 aliphatic heterocycles. The molecular weight excluding hydrogens is 529 g/mol. The summed E-state index contributed by atoms with van der Waals surface area (Å²) in [4.78, 5) is 37.6. The van der Waals surface area contributed by atoms with E-state index in [1.165, 1.54) is 7.11 Å². The Balaban J connectivity index is 1.53. The molecule has 3 saturated carbocycles. The number of amides is 1. The Labute approximate surface area is 243 Å². The monoisotopic (exact) mass is 573 g/mol. The topological polar surface area (TPSA) is 119 Å². The van der Waals surface area contributed by atoms with Crippen molar-refractivity contribution in [1.29, 1.82) is 0 Å². The fraction of sp³-hybridized carbons (Fsp3) is 0.700. The van der Waals surface area contributed by atoms with Gasteiger partial charge in [-0.1, -0.05) is 46.8 Å². The highest BCUT2D eigenvalue weighted by atomic mass is 16.8. The molecule has 1 aromatic carbocycles. The normalized spacial score (nSPS) is 27.1. The van der Waals surface area contributed by atoms with Gasteiger partial charge in [-0.05, 0) is 61.5 Å². The van der Waals surface area contributed by atoms with Crippen molar-refractivity contribution in [1.82, 2.24) is 5.32 Å². The van der Waals surface area contributed by atoms with E-state index in [0.717, 1.165) is 12.8 Å².